The largest absolute Gasteiger partial charge is 0.506 e. The number of aromatic hydroxyl groups is 1. The summed E-state index contributed by atoms with van der Waals surface area (Å²) < 4.78 is 0. The van der Waals surface area contributed by atoms with Gasteiger partial charge in [0.2, 0.25) is 5.78 Å². The Balaban J connectivity index is 2.39. The van der Waals surface area contributed by atoms with Crippen molar-refractivity contribution in [2.24, 2.45) is 0 Å². The Hall–Kier alpha value is -2.57. The third-order valence-corrected chi connectivity index (χ3v) is 3.23. The molecule has 3 nitrogen and oxygen atoms in total. The molecule has 21 heavy (non-hydrogen) atoms. The number of Topliss-reactive ketones (excluding diaryl/α,β-unsaturated/α-hetero) is 1. The van der Waals surface area contributed by atoms with Crippen molar-refractivity contribution >= 4 is 23.5 Å². The average Bonchev–Trinajstić information content (AvgIpc) is 2.47. The SMILES string of the molecule is Cc1cccc(C(=O)C(C#N)=Cc2ccc(O)c(Cl)c2)c1. The van der Waals surface area contributed by atoms with Crippen LogP contribution in [0.5, 0.6) is 5.75 Å². The molecule has 0 spiro atoms. The monoisotopic (exact) mass is 297 g/mol. The second-order valence-corrected chi connectivity index (χ2v) is 4.99. The molecule has 0 saturated heterocycles. The van der Waals surface area contributed by atoms with Crippen molar-refractivity contribution < 1.29 is 9.90 Å². The third-order valence-electron chi connectivity index (χ3n) is 2.93. The molecule has 0 atom stereocenters. The van der Waals surface area contributed by atoms with Gasteiger partial charge < -0.3 is 5.11 Å². The zero-order valence-corrected chi connectivity index (χ0v) is 12.1. The predicted octanol–water partition coefficient (Wildman–Crippen LogP) is 4.14. The molecule has 0 heterocycles. The number of benzene rings is 2. The first kappa shape index (κ1) is 14.8. The van der Waals surface area contributed by atoms with Gasteiger partial charge in [0.1, 0.15) is 17.4 Å². The maximum Gasteiger partial charge on any atom is 0.203 e. The van der Waals surface area contributed by atoms with Crippen LogP contribution in [0.1, 0.15) is 21.5 Å². The van der Waals surface area contributed by atoms with Crippen molar-refractivity contribution in [3.8, 4) is 11.8 Å². The lowest BCUT2D eigenvalue weighted by Crippen LogP contribution is -2.02. The summed E-state index contributed by atoms with van der Waals surface area (Å²) in [5, 5.41) is 18.7. The van der Waals surface area contributed by atoms with Crippen LogP contribution in [0, 0.1) is 18.3 Å². The van der Waals surface area contributed by atoms with E-state index < -0.39 is 0 Å². The number of hydrogen-bond donors (Lipinski definition) is 1. The van der Waals surface area contributed by atoms with Crippen LogP contribution < -0.4 is 0 Å². The molecular formula is C17H12ClNO2. The number of carbonyl (C=O) groups is 1. The number of ketones is 1. The van der Waals surface area contributed by atoms with Crippen LogP contribution in [0.2, 0.25) is 5.02 Å². The van der Waals surface area contributed by atoms with Crippen molar-refractivity contribution in [2.75, 3.05) is 0 Å². The highest BCUT2D eigenvalue weighted by Gasteiger charge is 2.12. The lowest BCUT2D eigenvalue weighted by molar-refractivity contribution is 0.104. The number of halogens is 1. The Morgan fingerprint density at radius 1 is 1.29 bits per heavy atom. The number of allylic oxidation sites excluding steroid dienone is 1. The summed E-state index contributed by atoms with van der Waals surface area (Å²) in [6, 6.07) is 13.5. The number of nitriles is 1. The van der Waals surface area contributed by atoms with Crippen LogP contribution in [0.3, 0.4) is 0 Å². The maximum absolute atomic E-state index is 12.3. The molecule has 0 fully saturated rings. The van der Waals surface area contributed by atoms with E-state index in [1.165, 1.54) is 18.2 Å². The zero-order valence-electron chi connectivity index (χ0n) is 11.3. The summed E-state index contributed by atoms with van der Waals surface area (Å²) in [5.74, 6) is -0.386. The van der Waals surface area contributed by atoms with Gasteiger partial charge >= 0.3 is 0 Å². The van der Waals surface area contributed by atoms with Crippen molar-refractivity contribution in [1.82, 2.24) is 0 Å². The van der Waals surface area contributed by atoms with Crippen molar-refractivity contribution in [3.63, 3.8) is 0 Å². The molecule has 0 aliphatic carbocycles. The van der Waals surface area contributed by atoms with Gasteiger partial charge in [0.25, 0.3) is 0 Å². The molecule has 0 aliphatic heterocycles. The molecular weight excluding hydrogens is 286 g/mol. The fraction of sp³-hybridized carbons (Fsp3) is 0.0588. The van der Waals surface area contributed by atoms with E-state index in [1.807, 2.05) is 19.1 Å². The van der Waals surface area contributed by atoms with Crippen molar-refractivity contribution in [2.45, 2.75) is 6.92 Å². The minimum atomic E-state index is -0.342. The number of aryl methyl sites for hydroxylation is 1. The standard InChI is InChI=1S/C17H12ClNO2/c1-11-3-2-4-13(7-11)17(21)14(10-19)8-12-5-6-16(20)15(18)9-12/h2-9,20H,1H3. The summed E-state index contributed by atoms with van der Waals surface area (Å²) in [4.78, 5) is 12.3. The highest BCUT2D eigenvalue weighted by molar-refractivity contribution is 6.32. The molecule has 4 heteroatoms. The summed E-state index contributed by atoms with van der Waals surface area (Å²) in [6.45, 7) is 1.88. The van der Waals surface area contributed by atoms with E-state index in [-0.39, 0.29) is 22.1 Å². The number of nitrogens with zero attached hydrogens (tertiary/aromatic N) is 1. The second-order valence-electron chi connectivity index (χ2n) is 4.58. The number of phenolic OH excluding ortho intramolecular Hbond substituents is 1. The Bertz CT molecular complexity index is 773. The van der Waals surface area contributed by atoms with Gasteiger partial charge in [-0.25, -0.2) is 0 Å². The van der Waals surface area contributed by atoms with Gasteiger partial charge in [-0.2, -0.15) is 5.26 Å². The van der Waals surface area contributed by atoms with E-state index in [0.717, 1.165) is 5.56 Å². The first-order chi connectivity index (χ1) is 10.0. The molecule has 104 valence electrons. The smallest absolute Gasteiger partial charge is 0.203 e. The van der Waals surface area contributed by atoms with E-state index in [0.29, 0.717) is 11.1 Å². The van der Waals surface area contributed by atoms with Crippen LogP contribution in [-0.2, 0) is 0 Å². The normalized spacial score (nSPS) is 11.0. The van der Waals surface area contributed by atoms with E-state index in [1.54, 1.807) is 24.3 Å². The second kappa shape index (κ2) is 6.25. The molecule has 1 N–H and O–H groups in total. The Morgan fingerprint density at radius 3 is 2.67 bits per heavy atom. The molecule has 0 aliphatic rings. The minimum Gasteiger partial charge on any atom is -0.506 e. The highest BCUT2D eigenvalue weighted by atomic mass is 35.5. The van der Waals surface area contributed by atoms with Crippen LogP contribution >= 0.6 is 11.6 Å². The van der Waals surface area contributed by atoms with Crippen LogP contribution in [0.4, 0.5) is 0 Å². The Morgan fingerprint density at radius 2 is 2.05 bits per heavy atom. The Kier molecular flexibility index (Phi) is 4.42. The molecule has 0 amide bonds. The first-order valence-corrected chi connectivity index (χ1v) is 6.61. The molecule has 0 unspecified atom stereocenters. The van der Waals surface area contributed by atoms with Gasteiger partial charge in [-0.3, -0.25) is 4.79 Å². The van der Waals surface area contributed by atoms with Gasteiger partial charge in [-0.1, -0.05) is 41.4 Å². The van der Waals surface area contributed by atoms with Crippen LogP contribution in [0.25, 0.3) is 6.08 Å². The molecule has 2 rings (SSSR count). The fourth-order valence-electron chi connectivity index (χ4n) is 1.87. The quantitative estimate of drug-likeness (QED) is 0.526. The molecule has 2 aromatic rings. The zero-order chi connectivity index (χ0) is 15.4. The highest BCUT2D eigenvalue weighted by Crippen LogP contribution is 2.25. The summed E-state index contributed by atoms with van der Waals surface area (Å²) in [6.07, 6.45) is 1.45. The van der Waals surface area contributed by atoms with E-state index in [9.17, 15) is 15.2 Å². The maximum atomic E-state index is 12.3. The van der Waals surface area contributed by atoms with E-state index >= 15 is 0 Å². The minimum absolute atomic E-state index is 0.0161. The van der Waals surface area contributed by atoms with E-state index in [2.05, 4.69) is 0 Å². The molecule has 0 radical (unpaired) electrons. The number of carbonyl (C=O) groups excluding carboxylic acids is 1. The molecule has 2 aromatic carbocycles. The molecule has 0 bridgehead atoms. The lowest BCUT2D eigenvalue weighted by Gasteiger charge is -2.02. The summed E-state index contributed by atoms with van der Waals surface area (Å²) in [5.41, 5.74) is 2.01. The first-order valence-electron chi connectivity index (χ1n) is 6.23. The van der Waals surface area contributed by atoms with Crippen molar-refractivity contribution in [3.05, 3.63) is 69.8 Å². The summed E-state index contributed by atoms with van der Waals surface area (Å²) >= 11 is 5.81. The van der Waals surface area contributed by atoms with Gasteiger partial charge in [0.15, 0.2) is 0 Å². The lowest BCUT2D eigenvalue weighted by atomic mass is 10.0. The van der Waals surface area contributed by atoms with Gasteiger partial charge in [0.05, 0.1) is 5.02 Å². The average molecular weight is 298 g/mol. The van der Waals surface area contributed by atoms with Crippen LogP contribution in [-0.4, -0.2) is 10.9 Å². The van der Waals surface area contributed by atoms with Gasteiger partial charge in [-0.05, 0) is 36.8 Å². The van der Waals surface area contributed by atoms with Crippen molar-refractivity contribution in [1.29, 1.82) is 5.26 Å². The Labute approximate surface area is 127 Å². The molecule has 0 saturated carbocycles. The van der Waals surface area contributed by atoms with Crippen LogP contribution in [0.15, 0.2) is 48.0 Å². The predicted molar refractivity (Wildman–Crippen MR) is 82.2 cm³/mol. The molecule has 0 aromatic heterocycles. The van der Waals surface area contributed by atoms with Gasteiger partial charge in [-0.15, -0.1) is 0 Å². The topological polar surface area (TPSA) is 61.1 Å². The number of hydrogen-bond acceptors (Lipinski definition) is 3. The number of phenols is 1. The van der Waals surface area contributed by atoms with Gasteiger partial charge in [0, 0.05) is 5.56 Å². The summed E-state index contributed by atoms with van der Waals surface area (Å²) in [7, 11) is 0. The van der Waals surface area contributed by atoms with E-state index in [4.69, 9.17) is 11.6 Å². The third kappa shape index (κ3) is 3.50. The fourth-order valence-corrected chi connectivity index (χ4v) is 2.06. The number of rotatable bonds is 3.